The molecule has 0 bridgehead atoms. The van der Waals surface area contributed by atoms with Gasteiger partial charge in [-0.3, -0.25) is 4.90 Å². The van der Waals surface area contributed by atoms with Crippen LogP contribution in [0.1, 0.15) is 36.9 Å². The van der Waals surface area contributed by atoms with Crippen molar-refractivity contribution in [2.75, 3.05) is 19.6 Å². The van der Waals surface area contributed by atoms with Gasteiger partial charge in [-0.25, -0.2) is 0 Å². The number of likely N-dealkylation sites (tertiary alicyclic amines) is 1. The second kappa shape index (κ2) is 5.09. The molecular formula is C14H24N2S. The summed E-state index contributed by atoms with van der Waals surface area (Å²) in [5, 5.41) is 0. The number of rotatable bonds is 3. The molecule has 17 heavy (non-hydrogen) atoms. The van der Waals surface area contributed by atoms with Gasteiger partial charge in [0.2, 0.25) is 0 Å². The average molecular weight is 252 g/mol. The molecule has 0 radical (unpaired) electrons. The first kappa shape index (κ1) is 13.1. The van der Waals surface area contributed by atoms with Gasteiger partial charge in [0, 0.05) is 22.8 Å². The SMILES string of the molecule is CC(C)(C)c1ccc(CN2CCC(CN)C2)s1. The summed E-state index contributed by atoms with van der Waals surface area (Å²) < 4.78 is 0. The molecule has 1 unspecified atom stereocenters. The second-order valence-corrected chi connectivity index (χ2v) is 7.31. The van der Waals surface area contributed by atoms with Gasteiger partial charge < -0.3 is 5.73 Å². The molecule has 0 aromatic carbocycles. The van der Waals surface area contributed by atoms with Gasteiger partial charge in [0.25, 0.3) is 0 Å². The van der Waals surface area contributed by atoms with Crippen molar-refractivity contribution in [3.05, 3.63) is 21.9 Å². The van der Waals surface area contributed by atoms with E-state index in [1.165, 1.54) is 29.3 Å². The third-order valence-electron chi connectivity index (χ3n) is 3.48. The van der Waals surface area contributed by atoms with Crippen LogP contribution in [0, 0.1) is 5.92 Å². The average Bonchev–Trinajstić information content (AvgIpc) is 2.86. The molecule has 3 heteroatoms. The normalized spacial score (nSPS) is 22.2. The summed E-state index contributed by atoms with van der Waals surface area (Å²) in [6.45, 7) is 11.2. The fourth-order valence-corrected chi connectivity index (χ4v) is 3.44. The monoisotopic (exact) mass is 252 g/mol. The van der Waals surface area contributed by atoms with Crippen LogP contribution < -0.4 is 5.73 Å². The topological polar surface area (TPSA) is 29.3 Å². The van der Waals surface area contributed by atoms with E-state index in [1.807, 2.05) is 11.3 Å². The molecule has 1 aromatic rings. The Morgan fingerprint density at radius 1 is 1.41 bits per heavy atom. The molecule has 1 atom stereocenters. The Morgan fingerprint density at radius 3 is 2.71 bits per heavy atom. The van der Waals surface area contributed by atoms with Crippen molar-refractivity contribution < 1.29 is 0 Å². The molecule has 1 aliphatic heterocycles. The van der Waals surface area contributed by atoms with Gasteiger partial charge in [-0.05, 0) is 43.0 Å². The number of nitrogens with two attached hydrogens (primary N) is 1. The lowest BCUT2D eigenvalue weighted by Gasteiger charge is -2.16. The Hall–Kier alpha value is -0.380. The van der Waals surface area contributed by atoms with Crippen LogP contribution in [0.3, 0.4) is 0 Å². The van der Waals surface area contributed by atoms with E-state index in [0.717, 1.165) is 19.0 Å². The fraction of sp³-hybridized carbons (Fsp3) is 0.714. The van der Waals surface area contributed by atoms with Crippen LogP contribution in [0.2, 0.25) is 0 Å². The van der Waals surface area contributed by atoms with E-state index in [2.05, 4.69) is 37.8 Å². The highest BCUT2D eigenvalue weighted by molar-refractivity contribution is 7.12. The van der Waals surface area contributed by atoms with Gasteiger partial charge in [-0.1, -0.05) is 20.8 Å². The van der Waals surface area contributed by atoms with Crippen LogP contribution in [0.25, 0.3) is 0 Å². The number of hydrogen-bond donors (Lipinski definition) is 1. The Bertz CT molecular complexity index is 365. The van der Waals surface area contributed by atoms with E-state index < -0.39 is 0 Å². The highest BCUT2D eigenvalue weighted by Crippen LogP contribution is 2.30. The zero-order valence-corrected chi connectivity index (χ0v) is 12.0. The molecule has 0 aliphatic carbocycles. The van der Waals surface area contributed by atoms with E-state index in [9.17, 15) is 0 Å². The molecule has 2 rings (SSSR count). The van der Waals surface area contributed by atoms with E-state index >= 15 is 0 Å². The maximum atomic E-state index is 5.73. The zero-order valence-electron chi connectivity index (χ0n) is 11.2. The minimum Gasteiger partial charge on any atom is -0.330 e. The fourth-order valence-electron chi connectivity index (χ4n) is 2.34. The van der Waals surface area contributed by atoms with Crippen LogP contribution in [0.15, 0.2) is 12.1 Å². The summed E-state index contributed by atoms with van der Waals surface area (Å²) in [5.41, 5.74) is 6.01. The van der Waals surface area contributed by atoms with Crippen LogP contribution in [0.5, 0.6) is 0 Å². The summed E-state index contributed by atoms with van der Waals surface area (Å²) >= 11 is 1.96. The van der Waals surface area contributed by atoms with Gasteiger partial charge in [-0.2, -0.15) is 0 Å². The molecule has 1 aromatic heterocycles. The first-order chi connectivity index (χ1) is 7.99. The second-order valence-electron chi connectivity index (χ2n) is 6.14. The quantitative estimate of drug-likeness (QED) is 0.896. The van der Waals surface area contributed by atoms with Gasteiger partial charge >= 0.3 is 0 Å². The maximum Gasteiger partial charge on any atom is 0.0328 e. The Morgan fingerprint density at radius 2 is 2.18 bits per heavy atom. The van der Waals surface area contributed by atoms with Crippen molar-refractivity contribution in [2.45, 2.75) is 39.2 Å². The summed E-state index contributed by atoms with van der Waals surface area (Å²) in [6.07, 6.45) is 1.27. The summed E-state index contributed by atoms with van der Waals surface area (Å²) in [6, 6.07) is 4.58. The van der Waals surface area contributed by atoms with Crippen molar-refractivity contribution in [1.29, 1.82) is 0 Å². The Balaban J connectivity index is 1.94. The van der Waals surface area contributed by atoms with Crippen LogP contribution in [0.4, 0.5) is 0 Å². The van der Waals surface area contributed by atoms with Gasteiger partial charge in [-0.15, -0.1) is 11.3 Å². The molecule has 2 heterocycles. The van der Waals surface area contributed by atoms with E-state index in [-0.39, 0.29) is 5.41 Å². The third kappa shape index (κ3) is 3.30. The minimum atomic E-state index is 0.285. The van der Waals surface area contributed by atoms with E-state index in [0.29, 0.717) is 0 Å². The van der Waals surface area contributed by atoms with Crippen molar-refractivity contribution in [3.63, 3.8) is 0 Å². The smallest absolute Gasteiger partial charge is 0.0328 e. The summed E-state index contributed by atoms with van der Waals surface area (Å²) in [4.78, 5) is 5.52. The minimum absolute atomic E-state index is 0.285. The van der Waals surface area contributed by atoms with E-state index in [1.54, 1.807) is 0 Å². The summed E-state index contributed by atoms with van der Waals surface area (Å²) in [5.74, 6) is 0.719. The van der Waals surface area contributed by atoms with Crippen molar-refractivity contribution in [1.82, 2.24) is 4.90 Å². The number of hydrogen-bond acceptors (Lipinski definition) is 3. The zero-order chi connectivity index (χ0) is 12.5. The van der Waals surface area contributed by atoms with Gasteiger partial charge in [0.15, 0.2) is 0 Å². The standard InChI is InChI=1S/C14H24N2S/c1-14(2,3)13-5-4-12(17-13)10-16-7-6-11(8-15)9-16/h4-5,11H,6-10,15H2,1-3H3. The third-order valence-corrected chi connectivity index (χ3v) is 4.98. The van der Waals surface area contributed by atoms with Crippen molar-refractivity contribution in [3.8, 4) is 0 Å². The van der Waals surface area contributed by atoms with Crippen LogP contribution in [-0.4, -0.2) is 24.5 Å². The lowest BCUT2D eigenvalue weighted by Crippen LogP contribution is -2.22. The van der Waals surface area contributed by atoms with Crippen molar-refractivity contribution in [2.24, 2.45) is 11.7 Å². The molecule has 2 N–H and O–H groups in total. The van der Waals surface area contributed by atoms with Crippen LogP contribution >= 0.6 is 11.3 Å². The first-order valence-corrected chi connectivity index (χ1v) is 7.32. The Labute approximate surface area is 109 Å². The molecular weight excluding hydrogens is 228 g/mol. The van der Waals surface area contributed by atoms with Crippen LogP contribution in [-0.2, 0) is 12.0 Å². The van der Waals surface area contributed by atoms with Crippen molar-refractivity contribution >= 4 is 11.3 Å². The maximum absolute atomic E-state index is 5.73. The highest BCUT2D eigenvalue weighted by Gasteiger charge is 2.22. The molecule has 1 fully saturated rings. The molecule has 2 nitrogen and oxygen atoms in total. The molecule has 0 amide bonds. The molecule has 0 saturated carbocycles. The lowest BCUT2D eigenvalue weighted by atomic mass is 9.95. The van der Waals surface area contributed by atoms with Gasteiger partial charge in [0.05, 0.1) is 0 Å². The summed E-state index contributed by atoms with van der Waals surface area (Å²) in [7, 11) is 0. The number of nitrogens with zero attached hydrogens (tertiary/aromatic N) is 1. The Kier molecular flexibility index (Phi) is 3.91. The lowest BCUT2D eigenvalue weighted by molar-refractivity contribution is 0.320. The van der Waals surface area contributed by atoms with E-state index in [4.69, 9.17) is 5.73 Å². The predicted octanol–water partition coefficient (Wildman–Crippen LogP) is 2.83. The van der Waals surface area contributed by atoms with Gasteiger partial charge in [0.1, 0.15) is 0 Å². The highest BCUT2D eigenvalue weighted by atomic mass is 32.1. The first-order valence-electron chi connectivity index (χ1n) is 6.50. The molecule has 96 valence electrons. The molecule has 1 saturated heterocycles. The largest absolute Gasteiger partial charge is 0.330 e. The number of thiophene rings is 1. The molecule has 0 spiro atoms. The molecule has 1 aliphatic rings. The predicted molar refractivity (Wildman–Crippen MR) is 75.5 cm³/mol.